The molecule has 0 unspecified atom stereocenters. The summed E-state index contributed by atoms with van der Waals surface area (Å²) in [7, 11) is 1.58. The van der Waals surface area contributed by atoms with Crippen LogP contribution in [0.25, 0.3) is 0 Å². The Bertz CT molecular complexity index is 572. The Morgan fingerprint density at radius 1 is 1.14 bits per heavy atom. The smallest absolute Gasteiger partial charge is 0.258 e. The first-order valence-electron chi connectivity index (χ1n) is 6.85. The van der Waals surface area contributed by atoms with Gasteiger partial charge in [0, 0.05) is 25.9 Å². The van der Waals surface area contributed by atoms with Crippen LogP contribution in [0, 0.1) is 0 Å². The van der Waals surface area contributed by atoms with Gasteiger partial charge in [0.2, 0.25) is 5.88 Å². The molecule has 2 aromatic rings. The van der Waals surface area contributed by atoms with E-state index < -0.39 is 0 Å². The van der Waals surface area contributed by atoms with Crippen LogP contribution in [-0.4, -0.2) is 37.8 Å². The van der Waals surface area contributed by atoms with Crippen LogP contribution in [0.4, 0.5) is 0 Å². The van der Waals surface area contributed by atoms with Crippen LogP contribution >= 0.6 is 0 Å². The Morgan fingerprint density at radius 3 is 2.59 bits per heavy atom. The molecule has 0 radical (unpaired) electrons. The fraction of sp³-hybridized carbons (Fsp3) is 0.250. The quantitative estimate of drug-likeness (QED) is 0.755. The second-order valence-electron chi connectivity index (χ2n) is 4.37. The number of rotatable bonds is 8. The molecule has 0 bridgehead atoms. The number of benzene rings is 1. The molecule has 0 aliphatic rings. The molecule has 0 aliphatic heterocycles. The normalized spacial score (nSPS) is 10.0. The van der Waals surface area contributed by atoms with Crippen LogP contribution in [0.5, 0.6) is 17.4 Å². The summed E-state index contributed by atoms with van der Waals surface area (Å²) < 4.78 is 15.8. The molecule has 6 nitrogen and oxygen atoms in total. The van der Waals surface area contributed by atoms with E-state index in [0.29, 0.717) is 30.5 Å². The third-order valence-corrected chi connectivity index (χ3v) is 2.68. The third-order valence-electron chi connectivity index (χ3n) is 2.68. The zero-order valence-electron chi connectivity index (χ0n) is 12.3. The highest BCUT2D eigenvalue weighted by Crippen LogP contribution is 2.21. The monoisotopic (exact) mass is 302 g/mol. The minimum atomic E-state index is -0.189. The highest BCUT2D eigenvalue weighted by Gasteiger charge is 2.03. The summed E-state index contributed by atoms with van der Waals surface area (Å²) in [6, 6.07) is 12.4. The molecule has 1 N–H and O–H groups in total. The SMILES string of the molecule is COCCNC(=O)COc1ccc(Oc2ccccn2)cc1. The number of amides is 1. The van der Waals surface area contributed by atoms with E-state index >= 15 is 0 Å². The van der Waals surface area contributed by atoms with Crippen LogP contribution in [0.3, 0.4) is 0 Å². The maximum Gasteiger partial charge on any atom is 0.258 e. The zero-order valence-corrected chi connectivity index (χ0v) is 12.3. The van der Waals surface area contributed by atoms with E-state index in [-0.39, 0.29) is 12.5 Å². The van der Waals surface area contributed by atoms with E-state index in [9.17, 15) is 4.79 Å². The number of aromatic nitrogens is 1. The van der Waals surface area contributed by atoms with Gasteiger partial charge in [-0.05, 0) is 30.3 Å². The molecule has 116 valence electrons. The Morgan fingerprint density at radius 2 is 1.91 bits per heavy atom. The standard InChI is InChI=1S/C16H18N2O4/c1-20-11-10-17-15(19)12-21-13-5-7-14(8-6-13)22-16-4-2-3-9-18-16/h2-9H,10-12H2,1H3,(H,17,19). The fourth-order valence-corrected chi connectivity index (χ4v) is 1.62. The molecule has 1 aromatic carbocycles. The fourth-order valence-electron chi connectivity index (χ4n) is 1.62. The highest BCUT2D eigenvalue weighted by atomic mass is 16.5. The molecule has 0 spiro atoms. The molecule has 0 atom stereocenters. The lowest BCUT2D eigenvalue weighted by atomic mass is 10.3. The average molecular weight is 302 g/mol. The van der Waals surface area contributed by atoms with Crippen LogP contribution < -0.4 is 14.8 Å². The second kappa shape index (κ2) is 8.63. The van der Waals surface area contributed by atoms with Gasteiger partial charge in [-0.3, -0.25) is 4.79 Å². The van der Waals surface area contributed by atoms with Crippen molar-refractivity contribution in [2.24, 2.45) is 0 Å². The number of methoxy groups -OCH3 is 1. The molecule has 22 heavy (non-hydrogen) atoms. The van der Waals surface area contributed by atoms with Gasteiger partial charge >= 0.3 is 0 Å². The van der Waals surface area contributed by atoms with Crippen LogP contribution in [0.2, 0.25) is 0 Å². The molecule has 2 rings (SSSR count). The number of nitrogens with one attached hydrogen (secondary N) is 1. The summed E-state index contributed by atoms with van der Waals surface area (Å²) in [6.45, 7) is 0.908. The van der Waals surface area contributed by atoms with E-state index in [0.717, 1.165) is 0 Å². The zero-order chi connectivity index (χ0) is 15.6. The van der Waals surface area contributed by atoms with Gasteiger partial charge in [0.1, 0.15) is 11.5 Å². The van der Waals surface area contributed by atoms with Gasteiger partial charge < -0.3 is 19.5 Å². The molecule has 0 saturated carbocycles. The maximum absolute atomic E-state index is 11.5. The average Bonchev–Trinajstić information content (AvgIpc) is 2.55. The Balaban J connectivity index is 1.78. The molecule has 6 heteroatoms. The van der Waals surface area contributed by atoms with Crippen molar-refractivity contribution in [3.05, 3.63) is 48.7 Å². The van der Waals surface area contributed by atoms with Crippen molar-refractivity contribution in [3.8, 4) is 17.4 Å². The number of ether oxygens (including phenoxy) is 3. The van der Waals surface area contributed by atoms with Crippen molar-refractivity contribution in [1.82, 2.24) is 10.3 Å². The predicted octanol–water partition coefficient (Wildman–Crippen LogP) is 2.02. The Hall–Kier alpha value is -2.60. The third kappa shape index (κ3) is 5.41. The summed E-state index contributed by atoms with van der Waals surface area (Å²) in [5.41, 5.74) is 0. The van der Waals surface area contributed by atoms with Gasteiger partial charge in [0.25, 0.3) is 5.91 Å². The van der Waals surface area contributed by atoms with E-state index in [1.807, 2.05) is 12.1 Å². The van der Waals surface area contributed by atoms with Crippen LogP contribution in [0.1, 0.15) is 0 Å². The highest BCUT2D eigenvalue weighted by molar-refractivity contribution is 5.77. The van der Waals surface area contributed by atoms with Crippen molar-refractivity contribution in [2.45, 2.75) is 0 Å². The van der Waals surface area contributed by atoms with E-state index in [1.165, 1.54) is 0 Å². The minimum absolute atomic E-state index is 0.0375. The number of carbonyl (C=O) groups excluding carboxylic acids is 1. The first kappa shape index (κ1) is 15.8. The van der Waals surface area contributed by atoms with Crippen molar-refractivity contribution in [3.63, 3.8) is 0 Å². The maximum atomic E-state index is 11.5. The second-order valence-corrected chi connectivity index (χ2v) is 4.37. The molecule has 0 fully saturated rings. The van der Waals surface area contributed by atoms with Gasteiger partial charge in [-0.2, -0.15) is 0 Å². The lowest BCUT2D eigenvalue weighted by Crippen LogP contribution is -2.31. The van der Waals surface area contributed by atoms with E-state index in [4.69, 9.17) is 14.2 Å². The number of carbonyl (C=O) groups is 1. The lowest BCUT2D eigenvalue weighted by Gasteiger charge is -2.08. The molecule has 0 saturated heterocycles. The molecule has 1 heterocycles. The van der Waals surface area contributed by atoms with Gasteiger partial charge in [-0.1, -0.05) is 6.07 Å². The lowest BCUT2D eigenvalue weighted by molar-refractivity contribution is -0.123. The summed E-state index contributed by atoms with van der Waals surface area (Å²) in [4.78, 5) is 15.5. The first-order chi connectivity index (χ1) is 10.8. The molecular formula is C16H18N2O4. The van der Waals surface area contributed by atoms with Crippen LogP contribution in [-0.2, 0) is 9.53 Å². The van der Waals surface area contributed by atoms with Crippen molar-refractivity contribution < 1.29 is 19.0 Å². The number of hydrogen-bond acceptors (Lipinski definition) is 5. The van der Waals surface area contributed by atoms with E-state index in [1.54, 1.807) is 43.6 Å². The molecule has 1 amide bonds. The topological polar surface area (TPSA) is 69.7 Å². The number of pyridine rings is 1. The summed E-state index contributed by atoms with van der Waals surface area (Å²) >= 11 is 0. The number of hydrogen-bond donors (Lipinski definition) is 1. The van der Waals surface area contributed by atoms with Crippen molar-refractivity contribution in [2.75, 3.05) is 26.9 Å². The molecule has 1 aromatic heterocycles. The molecular weight excluding hydrogens is 284 g/mol. The van der Waals surface area contributed by atoms with Gasteiger partial charge in [0.05, 0.1) is 6.61 Å². The van der Waals surface area contributed by atoms with Gasteiger partial charge in [-0.25, -0.2) is 4.98 Å². The van der Waals surface area contributed by atoms with Crippen LogP contribution in [0.15, 0.2) is 48.7 Å². The largest absolute Gasteiger partial charge is 0.484 e. The van der Waals surface area contributed by atoms with Gasteiger partial charge in [-0.15, -0.1) is 0 Å². The van der Waals surface area contributed by atoms with Crippen molar-refractivity contribution in [1.29, 1.82) is 0 Å². The number of nitrogens with zero attached hydrogens (tertiary/aromatic N) is 1. The summed E-state index contributed by atoms with van der Waals surface area (Å²) in [6.07, 6.45) is 1.66. The van der Waals surface area contributed by atoms with E-state index in [2.05, 4.69) is 10.3 Å². The Labute approximate surface area is 129 Å². The molecule has 0 aliphatic carbocycles. The van der Waals surface area contributed by atoms with Crippen molar-refractivity contribution >= 4 is 5.91 Å². The Kier molecular flexibility index (Phi) is 6.19. The minimum Gasteiger partial charge on any atom is -0.484 e. The summed E-state index contributed by atoms with van der Waals surface area (Å²) in [5, 5.41) is 2.68. The summed E-state index contributed by atoms with van der Waals surface area (Å²) in [5.74, 6) is 1.57. The first-order valence-corrected chi connectivity index (χ1v) is 6.85. The van der Waals surface area contributed by atoms with Gasteiger partial charge in [0.15, 0.2) is 6.61 Å². The predicted molar refractivity (Wildman–Crippen MR) is 81.1 cm³/mol.